The van der Waals surface area contributed by atoms with Crippen LogP contribution in [0.2, 0.25) is 0 Å². The molecular formula is C8H18FO3PSi2. The Bertz CT molecular complexity index is 270. The van der Waals surface area contributed by atoms with Gasteiger partial charge in [-0.2, -0.15) is 0 Å². The van der Waals surface area contributed by atoms with Gasteiger partial charge in [0.05, 0.1) is 0 Å². The Balaban J connectivity index is 3.93. The molecule has 0 aliphatic heterocycles. The zero-order valence-corrected chi connectivity index (χ0v) is 13.3. The third-order valence-electron chi connectivity index (χ3n) is 1.44. The van der Waals surface area contributed by atoms with Crippen molar-refractivity contribution in [3.05, 3.63) is 22.5 Å². The van der Waals surface area contributed by atoms with Gasteiger partial charge in [-0.3, -0.25) is 0 Å². The minimum absolute atomic E-state index is 1.04. The predicted octanol–water partition coefficient (Wildman–Crippen LogP) is 2.11. The van der Waals surface area contributed by atoms with Crippen molar-refractivity contribution in [3.63, 3.8) is 0 Å². The second-order valence-electron chi connectivity index (χ2n) is 3.59. The summed E-state index contributed by atoms with van der Waals surface area (Å²) in [6.45, 7) is 7.55. The van der Waals surface area contributed by atoms with Crippen molar-refractivity contribution in [1.29, 1.82) is 0 Å². The van der Waals surface area contributed by atoms with Crippen LogP contribution in [0.25, 0.3) is 0 Å². The Morgan fingerprint density at radius 2 is 1.40 bits per heavy atom. The molecule has 0 radical (unpaired) electrons. The number of hydrogen-bond acceptors (Lipinski definition) is 3. The molecule has 0 rings (SSSR count). The van der Waals surface area contributed by atoms with Crippen LogP contribution in [0.1, 0.15) is 27.7 Å². The molecule has 0 atom stereocenters. The lowest BCUT2D eigenvalue weighted by Crippen LogP contribution is -1.98. The Labute approximate surface area is 95.3 Å². The van der Waals surface area contributed by atoms with Gasteiger partial charge in [-0.1, -0.05) is 22.5 Å². The van der Waals surface area contributed by atoms with Crippen molar-refractivity contribution in [2.24, 2.45) is 0 Å². The summed E-state index contributed by atoms with van der Waals surface area (Å²) in [5, 5.41) is 0. The van der Waals surface area contributed by atoms with E-state index in [0.29, 0.717) is 0 Å². The van der Waals surface area contributed by atoms with E-state index in [1.807, 2.05) is 27.7 Å². The van der Waals surface area contributed by atoms with Gasteiger partial charge in [0.25, 0.3) is 0 Å². The first-order valence-corrected chi connectivity index (χ1v) is 8.91. The second kappa shape index (κ2) is 7.30. The van der Waals surface area contributed by atoms with Gasteiger partial charge in [0.2, 0.25) is 19.5 Å². The summed E-state index contributed by atoms with van der Waals surface area (Å²) in [5.74, 6) is 0. The highest BCUT2D eigenvalue weighted by atomic mass is 31.2. The van der Waals surface area contributed by atoms with Crippen LogP contribution in [0.4, 0.5) is 4.20 Å². The van der Waals surface area contributed by atoms with E-state index in [4.69, 9.17) is 0 Å². The monoisotopic (exact) mass is 268 g/mol. The van der Waals surface area contributed by atoms with Crippen molar-refractivity contribution in [2.45, 2.75) is 27.7 Å². The normalized spacial score (nSPS) is 15.8. The fourth-order valence-corrected chi connectivity index (χ4v) is 4.28. The molecule has 0 aromatic heterocycles. The Morgan fingerprint density at radius 3 is 1.67 bits per heavy atom. The predicted molar refractivity (Wildman–Crippen MR) is 66.8 cm³/mol. The fourth-order valence-electron chi connectivity index (χ4n) is 0.623. The molecule has 0 aliphatic rings. The minimum Gasteiger partial charge on any atom is -0.330 e. The molecule has 0 saturated heterocycles. The fraction of sp³-hybridized carbons (Fsp3) is 0.500. The van der Waals surface area contributed by atoms with Crippen molar-refractivity contribution < 1.29 is 17.2 Å². The van der Waals surface area contributed by atoms with Gasteiger partial charge < -0.3 is 8.43 Å². The van der Waals surface area contributed by atoms with Crippen molar-refractivity contribution >= 4 is 27.4 Å². The van der Waals surface area contributed by atoms with Crippen molar-refractivity contribution in [1.82, 2.24) is 0 Å². The van der Waals surface area contributed by atoms with Crippen molar-refractivity contribution in [2.75, 3.05) is 0 Å². The van der Waals surface area contributed by atoms with E-state index in [1.54, 1.807) is 11.4 Å². The lowest BCUT2D eigenvalue weighted by atomic mass is 10.4. The lowest BCUT2D eigenvalue weighted by molar-refractivity contribution is 0.355. The number of halogens is 1. The maximum atomic E-state index is 13.1. The van der Waals surface area contributed by atoms with Crippen LogP contribution in [-0.4, -0.2) is 19.5 Å². The van der Waals surface area contributed by atoms with Crippen LogP contribution in [0.15, 0.2) is 22.5 Å². The maximum absolute atomic E-state index is 13.1. The van der Waals surface area contributed by atoms with Gasteiger partial charge in [-0.25, -0.2) is 4.57 Å². The molecule has 0 heterocycles. The van der Waals surface area contributed by atoms with E-state index in [0.717, 1.165) is 11.1 Å². The van der Waals surface area contributed by atoms with E-state index in [-0.39, 0.29) is 0 Å². The van der Waals surface area contributed by atoms with E-state index < -0.39 is 27.4 Å². The molecule has 88 valence electrons. The van der Waals surface area contributed by atoms with Crippen LogP contribution in [-0.2, 0) is 13.0 Å². The molecule has 3 nitrogen and oxygen atoms in total. The summed E-state index contributed by atoms with van der Waals surface area (Å²) in [4.78, 5) is 0. The molecular weight excluding hydrogens is 250 g/mol. The first-order valence-electron chi connectivity index (χ1n) is 4.69. The first-order chi connectivity index (χ1) is 6.83. The zero-order valence-electron chi connectivity index (χ0n) is 9.62. The highest BCUT2D eigenvalue weighted by Crippen LogP contribution is 2.48. The minimum atomic E-state index is -4.27. The molecule has 15 heavy (non-hydrogen) atoms. The van der Waals surface area contributed by atoms with Gasteiger partial charge in [-0.15, -0.1) is 4.20 Å². The third kappa shape index (κ3) is 10.3. The van der Waals surface area contributed by atoms with E-state index >= 15 is 0 Å². The number of hydrogen-bond donors (Lipinski definition) is 0. The highest BCUT2D eigenvalue weighted by Gasteiger charge is 2.21. The van der Waals surface area contributed by atoms with Crippen LogP contribution >= 0.6 is 7.91 Å². The smallest absolute Gasteiger partial charge is 0.330 e. The van der Waals surface area contributed by atoms with Gasteiger partial charge in [0.15, 0.2) is 0 Å². The number of allylic oxidation sites excluding steroid dienone is 2. The molecule has 0 saturated carbocycles. The molecule has 0 aromatic carbocycles. The third-order valence-corrected chi connectivity index (χ3v) is 7.07. The molecule has 0 aromatic rings. The summed E-state index contributed by atoms with van der Waals surface area (Å²) in [6.07, 6.45) is 0. The average molecular weight is 268 g/mol. The average Bonchev–Trinajstić information content (AvgIpc) is 2.01. The standard InChI is InChI=1S/C8H18FO3PSi2/c1-7(2)5-14-11-13(9,10)12-15-6-8(3)4/h5-6H,14-15H2,1-4H3. The van der Waals surface area contributed by atoms with Gasteiger partial charge in [0, 0.05) is 0 Å². The van der Waals surface area contributed by atoms with Gasteiger partial charge in [-0.05, 0) is 27.7 Å². The zero-order chi connectivity index (χ0) is 11.9. The van der Waals surface area contributed by atoms with Crippen molar-refractivity contribution in [3.8, 4) is 0 Å². The largest absolute Gasteiger partial charge is 0.492 e. The summed E-state index contributed by atoms with van der Waals surface area (Å²) in [5.41, 5.74) is 5.67. The topological polar surface area (TPSA) is 35.5 Å². The van der Waals surface area contributed by atoms with Gasteiger partial charge in [0.1, 0.15) is 0 Å². The SMILES string of the molecule is CC(C)=C[SiH2]OP(=O)(F)O[SiH2]C=C(C)C. The first kappa shape index (κ1) is 15.0. The quantitative estimate of drug-likeness (QED) is 0.547. The molecule has 0 unspecified atom stereocenters. The van der Waals surface area contributed by atoms with Crippen LogP contribution in [0, 0.1) is 0 Å². The summed E-state index contributed by atoms with van der Waals surface area (Å²) in [6, 6.07) is 0. The summed E-state index contributed by atoms with van der Waals surface area (Å²) >= 11 is 0. The molecule has 0 N–H and O–H groups in total. The molecule has 0 fully saturated rings. The maximum Gasteiger partial charge on any atom is 0.492 e. The Hall–Kier alpha value is -0.00623. The van der Waals surface area contributed by atoms with E-state index in [9.17, 15) is 8.76 Å². The second-order valence-corrected chi connectivity index (χ2v) is 8.00. The van der Waals surface area contributed by atoms with E-state index in [1.165, 1.54) is 0 Å². The lowest BCUT2D eigenvalue weighted by Gasteiger charge is -2.07. The van der Waals surface area contributed by atoms with Crippen LogP contribution < -0.4 is 0 Å². The molecule has 7 heteroatoms. The molecule has 0 amide bonds. The van der Waals surface area contributed by atoms with E-state index in [2.05, 4.69) is 8.43 Å². The molecule has 0 bridgehead atoms. The molecule has 0 aliphatic carbocycles. The van der Waals surface area contributed by atoms with Crippen LogP contribution in [0.5, 0.6) is 0 Å². The Morgan fingerprint density at radius 1 is 1.07 bits per heavy atom. The van der Waals surface area contributed by atoms with Gasteiger partial charge >= 0.3 is 7.91 Å². The number of rotatable bonds is 6. The summed E-state index contributed by atoms with van der Waals surface area (Å²) in [7, 11) is -6.69. The summed E-state index contributed by atoms with van der Waals surface area (Å²) < 4.78 is 33.5. The highest BCUT2D eigenvalue weighted by molar-refractivity contribution is 7.50. The Kier molecular flexibility index (Phi) is 7.29. The van der Waals surface area contributed by atoms with Crippen LogP contribution in [0.3, 0.4) is 0 Å². The molecule has 0 spiro atoms.